The Bertz CT molecular complexity index is 1370. The van der Waals surface area contributed by atoms with Crippen molar-refractivity contribution in [2.24, 2.45) is 7.05 Å². The lowest BCUT2D eigenvalue weighted by Crippen LogP contribution is -2.38. The summed E-state index contributed by atoms with van der Waals surface area (Å²) in [7, 11) is -1.08. The number of anilines is 2. The van der Waals surface area contributed by atoms with Crippen molar-refractivity contribution in [3.8, 4) is 10.4 Å². The van der Waals surface area contributed by atoms with E-state index in [1.165, 1.54) is 0 Å². The quantitative estimate of drug-likeness (QED) is 0.320. The average molecular weight is 543 g/mol. The minimum atomic E-state index is -2.93. The van der Waals surface area contributed by atoms with Gasteiger partial charge in [0.05, 0.1) is 42.5 Å². The van der Waals surface area contributed by atoms with Gasteiger partial charge in [0.25, 0.3) is 0 Å². The monoisotopic (exact) mass is 542 g/mol. The number of hydrogen-bond donors (Lipinski definition) is 3. The Balaban J connectivity index is 1.33. The van der Waals surface area contributed by atoms with Crippen LogP contribution in [0.25, 0.3) is 10.4 Å². The van der Waals surface area contributed by atoms with E-state index in [0.29, 0.717) is 10.8 Å². The fourth-order valence-corrected chi connectivity index (χ4v) is 7.94. The van der Waals surface area contributed by atoms with Gasteiger partial charge in [-0.2, -0.15) is 5.10 Å². The second-order valence-electron chi connectivity index (χ2n) is 10.2. The number of nitrogens with zero attached hydrogens (tertiary/aromatic N) is 3. The predicted molar refractivity (Wildman–Crippen MR) is 146 cm³/mol. The molecule has 1 amide bonds. The van der Waals surface area contributed by atoms with Crippen LogP contribution in [0.15, 0.2) is 41.7 Å². The van der Waals surface area contributed by atoms with Crippen LogP contribution in [0.2, 0.25) is 0 Å². The van der Waals surface area contributed by atoms with Gasteiger partial charge in [-0.1, -0.05) is 6.07 Å². The van der Waals surface area contributed by atoms with Crippen LogP contribution < -0.4 is 10.6 Å². The number of carbonyl (C=O) groups excluding carboxylic acids is 1. The lowest BCUT2D eigenvalue weighted by atomic mass is 9.86. The molecule has 1 aromatic carbocycles. The molecule has 2 fully saturated rings. The molecule has 2 aliphatic carbocycles. The molecule has 3 aromatic rings. The van der Waals surface area contributed by atoms with Gasteiger partial charge in [0, 0.05) is 47.9 Å². The molecule has 0 aliphatic heterocycles. The molecule has 5 rings (SSSR count). The zero-order valence-electron chi connectivity index (χ0n) is 21.4. The summed E-state index contributed by atoms with van der Waals surface area (Å²) in [6.45, 7) is 3.69. The third-order valence-corrected chi connectivity index (χ3v) is 10.4. The smallest absolute Gasteiger partial charge is 0.407 e. The summed E-state index contributed by atoms with van der Waals surface area (Å²) in [4.78, 5) is 18.2. The number of nitrogens with one attached hydrogen (secondary N) is 3. The molecule has 2 aromatic heterocycles. The van der Waals surface area contributed by atoms with Gasteiger partial charge < -0.3 is 15.4 Å². The van der Waals surface area contributed by atoms with Gasteiger partial charge >= 0.3 is 6.09 Å². The van der Waals surface area contributed by atoms with Crippen molar-refractivity contribution in [1.29, 1.82) is 4.78 Å². The number of carbonyl (C=O) groups is 1. The molecule has 11 heteroatoms. The first kappa shape index (κ1) is 25.7. The van der Waals surface area contributed by atoms with E-state index in [9.17, 15) is 9.00 Å². The molecule has 198 valence electrons. The number of amides is 1. The molecule has 0 spiro atoms. The zero-order chi connectivity index (χ0) is 26.2. The maximum absolute atomic E-state index is 13.6. The van der Waals surface area contributed by atoms with Gasteiger partial charge in [-0.3, -0.25) is 4.68 Å². The number of benzene rings is 1. The van der Waals surface area contributed by atoms with Gasteiger partial charge in [-0.15, -0.1) is 11.3 Å². The second kappa shape index (κ2) is 10.4. The molecule has 37 heavy (non-hydrogen) atoms. The fourth-order valence-electron chi connectivity index (χ4n) is 4.79. The Morgan fingerprint density at radius 2 is 1.92 bits per heavy atom. The van der Waals surface area contributed by atoms with Crippen LogP contribution in [0.1, 0.15) is 63.3 Å². The molecular formula is C26H34N6O3S2. The Morgan fingerprint density at radius 1 is 1.16 bits per heavy atom. The minimum Gasteiger partial charge on any atom is -0.447 e. The van der Waals surface area contributed by atoms with Crippen LogP contribution in [0.4, 0.5) is 16.2 Å². The standard InChI is InChI=1S/C26H34N6O3S2/c1-16(2)35-26(33)31-18-6-4-17(5-7-18)25-28-14-23(36-25)22-11-8-19(30-20-13-29-32(3)15-20)12-24(22)37(27,34)21-9-10-21/h8,11-18,21,27,30H,4-7,9-10H2,1-3H3,(H,31,33)/t17-,18-,37?. The van der Waals surface area contributed by atoms with E-state index in [2.05, 4.69) is 15.7 Å². The minimum absolute atomic E-state index is 0.0857. The Morgan fingerprint density at radius 3 is 2.57 bits per heavy atom. The van der Waals surface area contributed by atoms with Crippen LogP contribution in [-0.4, -0.2) is 42.5 Å². The molecular weight excluding hydrogens is 508 g/mol. The van der Waals surface area contributed by atoms with Crippen molar-refractivity contribution in [3.63, 3.8) is 0 Å². The Labute approximate surface area is 222 Å². The molecule has 0 saturated heterocycles. The molecule has 1 atom stereocenters. The van der Waals surface area contributed by atoms with Crippen LogP contribution in [0.3, 0.4) is 0 Å². The van der Waals surface area contributed by atoms with Crippen molar-refractivity contribution in [2.75, 3.05) is 5.32 Å². The SMILES string of the molecule is CC(C)OC(=O)N[C@H]1CC[C@H](c2ncc(-c3ccc(Nc4cnn(C)c4)cc3S(=N)(=O)C3CC3)s2)CC1. The molecule has 0 bridgehead atoms. The first-order chi connectivity index (χ1) is 17.7. The highest BCUT2D eigenvalue weighted by Crippen LogP contribution is 2.43. The molecule has 2 heterocycles. The zero-order valence-corrected chi connectivity index (χ0v) is 23.0. The van der Waals surface area contributed by atoms with Gasteiger partial charge in [0.1, 0.15) is 0 Å². The molecule has 2 aliphatic rings. The van der Waals surface area contributed by atoms with Crippen LogP contribution in [0.5, 0.6) is 0 Å². The number of aryl methyl sites for hydroxylation is 1. The molecule has 9 nitrogen and oxygen atoms in total. The van der Waals surface area contributed by atoms with E-state index in [1.54, 1.807) is 22.2 Å². The van der Waals surface area contributed by atoms with Gasteiger partial charge in [0.15, 0.2) is 0 Å². The summed E-state index contributed by atoms with van der Waals surface area (Å²) in [6.07, 6.45) is 10.3. The van der Waals surface area contributed by atoms with Crippen molar-refractivity contribution in [2.45, 2.75) is 80.6 Å². The Hall–Kier alpha value is -2.92. The summed E-state index contributed by atoms with van der Waals surface area (Å²) in [5, 5.41) is 11.5. The van der Waals surface area contributed by atoms with Crippen LogP contribution in [0, 0.1) is 4.78 Å². The highest BCUT2D eigenvalue weighted by Gasteiger charge is 2.36. The molecule has 2 saturated carbocycles. The number of hydrogen-bond acceptors (Lipinski definition) is 8. The summed E-state index contributed by atoms with van der Waals surface area (Å²) in [5.74, 6) is 0.330. The van der Waals surface area contributed by atoms with Crippen LogP contribution in [-0.2, 0) is 21.5 Å². The lowest BCUT2D eigenvalue weighted by Gasteiger charge is -2.28. The highest BCUT2D eigenvalue weighted by atomic mass is 32.2. The number of aromatic nitrogens is 3. The molecule has 1 unspecified atom stereocenters. The van der Waals surface area contributed by atoms with E-state index in [-0.39, 0.29) is 23.5 Å². The number of alkyl carbamates (subject to hydrolysis) is 1. The maximum atomic E-state index is 13.6. The highest BCUT2D eigenvalue weighted by molar-refractivity contribution is 7.93. The maximum Gasteiger partial charge on any atom is 0.407 e. The third kappa shape index (κ3) is 5.98. The second-order valence-corrected chi connectivity index (χ2v) is 13.6. The summed E-state index contributed by atoms with van der Waals surface area (Å²) >= 11 is 1.63. The van der Waals surface area contributed by atoms with E-state index < -0.39 is 9.73 Å². The predicted octanol–water partition coefficient (Wildman–Crippen LogP) is 6.02. The van der Waals surface area contributed by atoms with Gasteiger partial charge in [0.2, 0.25) is 0 Å². The van der Waals surface area contributed by atoms with Crippen molar-refractivity contribution < 1.29 is 13.7 Å². The molecule has 3 N–H and O–H groups in total. The van der Waals surface area contributed by atoms with E-state index >= 15 is 0 Å². The van der Waals surface area contributed by atoms with Crippen molar-refractivity contribution in [3.05, 3.63) is 41.8 Å². The fraction of sp³-hybridized carbons (Fsp3) is 0.500. The first-order valence-corrected chi connectivity index (χ1v) is 15.2. The van der Waals surface area contributed by atoms with E-state index in [0.717, 1.165) is 65.3 Å². The van der Waals surface area contributed by atoms with Crippen molar-refractivity contribution >= 4 is 38.5 Å². The Kier molecular flexibility index (Phi) is 7.26. The summed E-state index contributed by atoms with van der Waals surface area (Å²) in [5.41, 5.74) is 2.46. The number of rotatable bonds is 8. The largest absolute Gasteiger partial charge is 0.447 e. The van der Waals surface area contributed by atoms with Gasteiger partial charge in [-0.25, -0.2) is 18.8 Å². The summed E-state index contributed by atoms with van der Waals surface area (Å²) in [6, 6.07) is 5.91. The third-order valence-electron chi connectivity index (χ3n) is 6.83. The van der Waals surface area contributed by atoms with Crippen LogP contribution >= 0.6 is 11.3 Å². The van der Waals surface area contributed by atoms with Gasteiger partial charge in [-0.05, 0) is 64.5 Å². The van der Waals surface area contributed by atoms with E-state index in [1.807, 2.05) is 51.5 Å². The van der Waals surface area contributed by atoms with E-state index in [4.69, 9.17) is 14.5 Å². The normalized spacial score (nSPS) is 21.4. The summed E-state index contributed by atoms with van der Waals surface area (Å²) < 4.78 is 29.3. The van der Waals surface area contributed by atoms with Crippen molar-refractivity contribution in [1.82, 2.24) is 20.1 Å². The number of ether oxygens (including phenoxy) is 1. The lowest BCUT2D eigenvalue weighted by molar-refractivity contribution is 0.109. The topological polar surface area (TPSA) is 122 Å². The average Bonchev–Trinajstić information content (AvgIpc) is 3.48. The molecule has 0 radical (unpaired) electrons. The first-order valence-electron chi connectivity index (χ1n) is 12.8. The number of thiazole rings is 1.